The van der Waals surface area contributed by atoms with Gasteiger partial charge in [0.2, 0.25) is 10.0 Å². The van der Waals surface area contributed by atoms with Crippen LogP contribution in [0.15, 0.2) is 47.4 Å². The molecule has 1 fully saturated rings. The monoisotopic (exact) mass is 425 g/mol. The first-order chi connectivity index (χ1) is 14.4. The zero-order valence-electron chi connectivity index (χ0n) is 18.0. The summed E-state index contributed by atoms with van der Waals surface area (Å²) in [5.74, 6) is 0. The van der Waals surface area contributed by atoms with Crippen molar-refractivity contribution in [1.29, 1.82) is 0 Å². The molecule has 0 atom stereocenters. The quantitative estimate of drug-likeness (QED) is 0.754. The summed E-state index contributed by atoms with van der Waals surface area (Å²) in [6.07, 6.45) is 3.69. The summed E-state index contributed by atoms with van der Waals surface area (Å²) in [5, 5.41) is 0. The minimum absolute atomic E-state index is 0.470. The van der Waals surface area contributed by atoms with Crippen LogP contribution in [0.3, 0.4) is 0 Å². The predicted octanol–water partition coefficient (Wildman–Crippen LogP) is 3.24. The molecule has 5 nitrogen and oxygen atoms in total. The molecule has 6 heteroatoms. The zero-order valence-corrected chi connectivity index (χ0v) is 18.8. The Morgan fingerprint density at radius 1 is 0.900 bits per heavy atom. The molecule has 3 aliphatic rings. The fraction of sp³-hybridized carbons (Fsp3) is 0.500. The Labute approximate surface area is 180 Å². The van der Waals surface area contributed by atoms with Gasteiger partial charge in [-0.3, -0.25) is 4.90 Å². The van der Waals surface area contributed by atoms with E-state index < -0.39 is 15.6 Å². The van der Waals surface area contributed by atoms with Gasteiger partial charge in [0.1, 0.15) is 0 Å². The van der Waals surface area contributed by atoms with Crippen molar-refractivity contribution in [1.82, 2.24) is 9.21 Å². The fourth-order valence-electron chi connectivity index (χ4n) is 5.49. The highest BCUT2D eigenvalue weighted by Gasteiger charge is 2.47. The van der Waals surface area contributed by atoms with Crippen LogP contribution in [0.2, 0.25) is 0 Å². The SMILES string of the molecule is CC1(C)c2ccccc2S(=O)(=O)N1CCN1CCN(c2cccc3c2CCC3)CC1. The highest BCUT2D eigenvalue weighted by molar-refractivity contribution is 7.89. The Balaban J connectivity index is 1.24. The number of benzene rings is 2. The molecule has 2 aromatic carbocycles. The van der Waals surface area contributed by atoms with Crippen molar-refractivity contribution in [2.45, 2.75) is 43.5 Å². The van der Waals surface area contributed by atoms with Crippen LogP contribution in [0, 0.1) is 0 Å². The molecule has 2 aliphatic heterocycles. The molecule has 2 aromatic rings. The zero-order chi connectivity index (χ0) is 20.9. The highest BCUT2D eigenvalue weighted by atomic mass is 32.2. The first-order valence-corrected chi connectivity index (χ1v) is 12.5. The van der Waals surface area contributed by atoms with E-state index in [1.807, 2.05) is 32.0 Å². The summed E-state index contributed by atoms with van der Waals surface area (Å²) in [6, 6.07) is 14.2. The van der Waals surface area contributed by atoms with Crippen LogP contribution in [0.5, 0.6) is 0 Å². The molecule has 160 valence electrons. The van der Waals surface area contributed by atoms with E-state index in [1.165, 1.54) is 30.5 Å². The second-order valence-electron chi connectivity index (χ2n) is 9.23. The van der Waals surface area contributed by atoms with Crippen molar-refractivity contribution in [3.05, 3.63) is 59.2 Å². The maximum atomic E-state index is 13.1. The van der Waals surface area contributed by atoms with Gasteiger partial charge in [-0.15, -0.1) is 0 Å². The van der Waals surface area contributed by atoms with Crippen molar-refractivity contribution in [3.63, 3.8) is 0 Å². The van der Waals surface area contributed by atoms with E-state index in [4.69, 9.17) is 0 Å². The smallest absolute Gasteiger partial charge is 0.244 e. The van der Waals surface area contributed by atoms with E-state index in [0.29, 0.717) is 11.4 Å². The molecular weight excluding hydrogens is 394 g/mol. The molecule has 0 saturated carbocycles. The van der Waals surface area contributed by atoms with Crippen molar-refractivity contribution in [3.8, 4) is 0 Å². The molecule has 5 rings (SSSR count). The van der Waals surface area contributed by atoms with Gasteiger partial charge in [0.15, 0.2) is 0 Å². The second-order valence-corrected chi connectivity index (χ2v) is 11.1. The molecule has 0 unspecified atom stereocenters. The number of anilines is 1. The fourth-order valence-corrected chi connectivity index (χ4v) is 7.60. The predicted molar refractivity (Wildman–Crippen MR) is 120 cm³/mol. The van der Waals surface area contributed by atoms with E-state index in [1.54, 1.807) is 15.9 Å². The Bertz CT molecular complexity index is 1060. The Morgan fingerprint density at radius 3 is 2.43 bits per heavy atom. The topological polar surface area (TPSA) is 43.9 Å². The number of rotatable bonds is 4. The van der Waals surface area contributed by atoms with Crippen LogP contribution in [0.4, 0.5) is 5.69 Å². The summed E-state index contributed by atoms with van der Waals surface area (Å²) in [7, 11) is -3.42. The van der Waals surface area contributed by atoms with Gasteiger partial charge in [-0.25, -0.2) is 8.42 Å². The lowest BCUT2D eigenvalue weighted by atomic mass is 9.94. The first kappa shape index (κ1) is 20.0. The number of fused-ring (bicyclic) bond motifs is 2. The normalized spacial score (nSPS) is 22.8. The van der Waals surface area contributed by atoms with Gasteiger partial charge in [0.05, 0.1) is 10.4 Å². The number of hydrogen-bond acceptors (Lipinski definition) is 4. The molecule has 0 N–H and O–H groups in total. The standard InChI is InChI=1S/C24H31N3O2S/c1-24(2)21-10-3-4-12-23(21)30(28,29)27(24)18-15-25-13-16-26(17-14-25)22-11-6-8-19-7-5-9-20(19)22/h3-4,6,8,10-12H,5,7,9,13-18H2,1-2H3. The van der Waals surface area contributed by atoms with Gasteiger partial charge >= 0.3 is 0 Å². The minimum atomic E-state index is -3.42. The Kier molecular flexibility index (Phi) is 4.92. The summed E-state index contributed by atoms with van der Waals surface area (Å²) >= 11 is 0. The van der Waals surface area contributed by atoms with E-state index in [2.05, 4.69) is 28.0 Å². The van der Waals surface area contributed by atoms with Gasteiger partial charge in [0, 0.05) is 45.0 Å². The summed E-state index contributed by atoms with van der Waals surface area (Å²) in [4.78, 5) is 5.40. The third kappa shape index (κ3) is 3.17. The van der Waals surface area contributed by atoms with Gasteiger partial charge in [-0.1, -0.05) is 30.3 Å². The van der Waals surface area contributed by atoms with Gasteiger partial charge in [0.25, 0.3) is 0 Å². The number of piperazine rings is 1. The van der Waals surface area contributed by atoms with Gasteiger partial charge in [-0.05, 0) is 61.9 Å². The van der Waals surface area contributed by atoms with E-state index in [0.717, 1.165) is 38.3 Å². The van der Waals surface area contributed by atoms with Crippen LogP contribution in [0.1, 0.15) is 37.0 Å². The van der Waals surface area contributed by atoms with Crippen molar-refractivity contribution in [2.24, 2.45) is 0 Å². The summed E-state index contributed by atoms with van der Waals surface area (Å²) < 4.78 is 27.9. The third-order valence-corrected chi connectivity index (χ3v) is 9.32. The molecule has 0 bridgehead atoms. The summed E-state index contributed by atoms with van der Waals surface area (Å²) in [6.45, 7) is 9.31. The molecule has 2 heterocycles. The molecule has 0 spiro atoms. The van der Waals surface area contributed by atoms with E-state index >= 15 is 0 Å². The lowest BCUT2D eigenvalue weighted by molar-refractivity contribution is 0.189. The molecule has 0 radical (unpaired) electrons. The highest BCUT2D eigenvalue weighted by Crippen LogP contribution is 2.43. The van der Waals surface area contributed by atoms with Crippen LogP contribution in [0.25, 0.3) is 0 Å². The van der Waals surface area contributed by atoms with Crippen molar-refractivity contribution in [2.75, 3.05) is 44.2 Å². The van der Waals surface area contributed by atoms with Crippen LogP contribution in [-0.2, 0) is 28.4 Å². The summed E-state index contributed by atoms with van der Waals surface area (Å²) in [5.41, 5.74) is 4.91. The molecule has 30 heavy (non-hydrogen) atoms. The van der Waals surface area contributed by atoms with Crippen LogP contribution in [-0.4, -0.2) is 56.9 Å². The molecule has 0 amide bonds. The van der Waals surface area contributed by atoms with Gasteiger partial charge < -0.3 is 4.90 Å². The maximum Gasteiger partial charge on any atom is 0.244 e. The molecule has 1 aliphatic carbocycles. The number of hydrogen-bond donors (Lipinski definition) is 0. The minimum Gasteiger partial charge on any atom is -0.369 e. The van der Waals surface area contributed by atoms with Crippen molar-refractivity contribution < 1.29 is 8.42 Å². The largest absolute Gasteiger partial charge is 0.369 e. The first-order valence-electron chi connectivity index (χ1n) is 11.1. The third-order valence-electron chi connectivity index (χ3n) is 7.19. The van der Waals surface area contributed by atoms with Gasteiger partial charge in [-0.2, -0.15) is 4.31 Å². The van der Waals surface area contributed by atoms with Crippen LogP contribution < -0.4 is 4.90 Å². The number of sulfonamides is 1. The van der Waals surface area contributed by atoms with Crippen molar-refractivity contribution >= 4 is 15.7 Å². The van der Waals surface area contributed by atoms with E-state index in [9.17, 15) is 8.42 Å². The Morgan fingerprint density at radius 2 is 1.67 bits per heavy atom. The van der Waals surface area contributed by atoms with E-state index in [-0.39, 0.29) is 0 Å². The molecule has 0 aromatic heterocycles. The van der Waals surface area contributed by atoms with Crippen LogP contribution >= 0.6 is 0 Å². The lowest BCUT2D eigenvalue weighted by Gasteiger charge is -2.38. The molecule has 1 saturated heterocycles. The Hall–Kier alpha value is -1.89. The average Bonchev–Trinajstić information content (AvgIpc) is 3.28. The lowest BCUT2D eigenvalue weighted by Crippen LogP contribution is -2.50. The number of nitrogens with zero attached hydrogens (tertiary/aromatic N) is 3. The average molecular weight is 426 g/mol. The number of aryl methyl sites for hydroxylation is 1. The maximum absolute atomic E-state index is 13.1. The molecular formula is C24H31N3O2S. The second kappa shape index (κ2) is 7.36.